The van der Waals surface area contributed by atoms with Crippen LogP contribution in [-0.2, 0) is 0 Å². The molecule has 1 heterocycles. The van der Waals surface area contributed by atoms with E-state index in [0.717, 1.165) is 0 Å². The molecule has 0 aromatic heterocycles. The minimum atomic E-state index is -1.62. The maximum Gasteiger partial charge on any atom is 0.127 e. The fourth-order valence-electron chi connectivity index (χ4n) is 1.45. The average molecular weight is 193 g/mol. The second-order valence-corrected chi connectivity index (χ2v) is 3.36. The molecule has 6 N–H and O–H groups in total. The summed E-state index contributed by atoms with van der Waals surface area (Å²) < 4.78 is 0. The number of β-amino-alcohol motifs (C(OH)–C–C–N with tert-alkyl or cyclic N) is 1. The Morgan fingerprint density at radius 3 is 2.46 bits per heavy atom. The first-order valence-electron chi connectivity index (χ1n) is 4.09. The van der Waals surface area contributed by atoms with Crippen molar-refractivity contribution in [3.05, 3.63) is 0 Å². The second kappa shape index (κ2) is 3.87. The summed E-state index contributed by atoms with van der Waals surface area (Å²) in [7, 11) is 0. The molecule has 0 saturated carbocycles. The van der Waals surface area contributed by atoms with Gasteiger partial charge in [0.15, 0.2) is 0 Å². The molecule has 0 bridgehead atoms. The van der Waals surface area contributed by atoms with Crippen LogP contribution in [-0.4, -0.2) is 69.1 Å². The molecule has 78 valence electrons. The number of hydrogen-bond donors (Lipinski definition) is 6. The highest BCUT2D eigenvalue weighted by atomic mass is 16.4. The topological polar surface area (TPSA) is 113 Å². The van der Waals surface area contributed by atoms with Gasteiger partial charge in [-0.25, -0.2) is 0 Å². The van der Waals surface area contributed by atoms with Gasteiger partial charge in [0.2, 0.25) is 0 Å². The second-order valence-electron chi connectivity index (χ2n) is 3.36. The summed E-state index contributed by atoms with van der Waals surface area (Å²) >= 11 is 0. The minimum Gasteiger partial charge on any atom is -0.394 e. The van der Waals surface area contributed by atoms with Crippen LogP contribution in [0.1, 0.15) is 0 Å². The molecule has 1 saturated heterocycles. The largest absolute Gasteiger partial charge is 0.394 e. The maximum absolute atomic E-state index is 9.53. The number of aliphatic hydroxyl groups excluding tert-OH is 4. The van der Waals surface area contributed by atoms with Crippen molar-refractivity contribution in [3.63, 3.8) is 0 Å². The highest BCUT2D eigenvalue weighted by molar-refractivity contribution is 5.04. The molecule has 0 spiro atoms. The first-order valence-corrected chi connectivity index (χ1v) is 4.09. The third-order valence-corrected chi connectivity index (χ3v) is 2.41. The Hall–Kier alpha value is -0.240. The molecule has 0 aromatic carbocycles. The number of nitrogens with one attached hydrogen (secondary N) is 1. The summed E-state index contributed by atoms with van der Waals surface area (Å²) in [4.78, 5) is 0. The van der Waals surface area contributed by atoms with E-state index in [2.05, 4.69) is 5.32 Å². The molecule has 0 unspecified atom stereocenters. The van der Waals surface area contributed by atoms with Gasteiger partial charge in [-0.15, -0.1) is 0 Å². The van der Waals surface area contributed by atoms with Gasteiger partial charge in [0.05, 0.1) is 25.4 Å². The summed E-state index contributed by atoms with van der Waals surface area (Å²) in [6, 6.07) is -0.804. The normalized spacial score (nSPS) is 42.2. The van der Waals surface area contributed by atoms with Gasteiger partial charge >= 0.3 is 0 Å². The fourth-order valence-corrected chi connectivity index (χ4v) is 1.45. The Morgan fingerprint density at radius 1 is 1.46 bits per heavy atom. The molecule has 1 rings (SSSR count). The van der Waals surface area contributed by atoms with Crippen LogP contribution >= 0.6 is 0 Å². The van der Waals surface area contributed by atoms with Gasteiger partial charge in [-0.05, 0) is 0 Å². The summed E-state index contributed by atoms with van der Waals surface area (Å²) in [6.45, 7) is -1.10. The molecule has 0 aliphatic carbocycles. The van der Waals surface area contributed by atoms with Crippen LogP contribution in [0.5, 0.6) is 0 Å². The van der Waals surface area contributed by atoms with Crippen molar-refractivity contribution in [1.82, 2.24) is 5.32 Å². The van der Waals surface area contributed by atoms with Gasteiger partial charge in [-0.2, -0.15) is 0 Å². The third kappa shape index (κ3) is 1.83. The Balaban J connectivity index is 2.64. The van der Waals surface area contributed by atoms with E-state index in [0.29, 0.717) is 0 Å². The first kappa shape index (κ1) is 10.8. The van der Waals surface area contributed by atoms with Crippen molar-refractivity contribution in [2.75, 3.05) is 19.8 Å². The smallest absolute Gasteiger partial charge is 0.127 e. The summed E-state index contributed by atoms with van der Waals surface area (Å²) in [5.74, 6) is 0. The number of rotatable bonds is 3. The minimum absolute atomic E-state index is 0.00755. The molecule has 6 heteroatoms. The Kier molecular flexibility index (Phi) is 3.23. The van der Waals surface area contributed by atoms with Crippen molar-refractivity contribution in [2.45, 2.75) is 23.9 Å². The van der Waals surface area contributed by atoms with Gasteiger partial charge in [0, 0.05) is 6.54 Å². The van der Waals surface area contributed by atoms with Crippen LogP contribution in [0.25, 0.3) is 0 Å². The first-order chi connectivity index (χ1) is 6.05. The zero-order valence-electron chi connectivity index (χ0n) is 7.09. The molecule has 1 aliphatic heterocycles. The Bertz CT molecular complexity index is 178. The van der Waals surface area contributed by atoms with Crippen LogP contribution in [0.3, 0.4) is 0 Å². The van der Waals surface area contributed by atoms with E-state index in [1.165, 1.54) is 0 Å². The van der Waals surface area contributed by atoms with E-state index in [1.807, 2.05) is 0 Å². The van der Waals surface area contributed by atoms with Crippen LogP contribution in [0.2, 0.25) is 0 Å². The molecule has 1 fully saturated rings. The number of hydrogen-bond acceptors (Lipinski definition) is 6. The molecule has 6 nitrogen and oxygen atoms in total. The predicted molar refractivity (Wildman–Crippen MR) is 42.9 cm³/mol. The van der Waals surface area contributed by atoms with Gasteiger partial charge < -0.3 is 30.8 Å². The molecule has 13 heavy (non-hydrogen) atoms. The fraction of sp³-hybridized carbons (Fsp3) is 1.00. The van der Waals surface area contributed by atoms with Crippen molar-refractivity contribution >= 4 is 0 Å². The van der Waals surface area contributed by atoms with E-state index in [1.54, 1.807) is 0 Å². The summed E-state index contributed by atoms with van der Waals surface area (Å²) in [6.07, 6.45) is -2.42. The SMILES string of the molecule is OC[C@H](O)[C@@H]1NC[C@@](O)(CO)[C@H]1O. The van der Waals surface area contributed by atoms with Crippen LogP contribution in [0.4, 0.5) is 0 Å². The molecule has 1 aliphatic rings. The summed E-state index contributed by atoms with van der Waals surface area (Å²) in [5, 5.41) is 48.2. The van der Waals surface area contributed by atoms with Gasteiger partial charge in [0.25, 0.3) is 0 Å². The lowest BCUT2D eigenvalue weighted by Gasteiger charge is -2.26. The Morgan fingerprint density at radius 2 is 2.08 bits per heavy atom. The van der Waals surface area contributed by atoms with Crippen LogP contribution < -0.4 is 5.32 Å². The maximum atomic E-state index is 9.53. The lowest BCUT2D eigenvalue weighted by molar-refractivity contribution is -0.0937. The molecular formula is C7H15NO5. The lowest BCUT2D eigenvalue weighted by Crippen LogP contribution is -2.50. The zero-order valence-corrected chi connectivity index (χ0v) is 7.09. The van der Waals surface area contributed by atoms with E-state index in [4.69, 9.17) is 10.2 Å². The van der Waals surface area contributed by atoms with E-state index >= 15 is 0 Å². The highest BCUT2D eigenvalue weighted by Crippen LogP contribution is 2.21. The van der Waals surface area contributed by atoms with Gasteiger partial charge in [0.1, 0.15) is 11.7 Å². The zero-order chi connectivity index (χ0) is 10.1. The Labute approximate surface area is 75.4 Å². The van der Waals surface area contributed by atoms with Crippen molar-refractivity contribution in [3.8, 4) is 0 Å². The molecule has 4 atom stereocenters. The molecule has 0 amide bonds. The summed E-state index contributed by atoms with van der Waals surface area (Å²) in [5.41, 5.74) is -1.62. The quantitative estimate of drug-likeness (QED) is 0.276. The highest BCUT2D eigenvalue weighted by Gasteiger charge is 2.48. The third-order valence-electron chi connectivity index (χ3n) is 2.41. The number of aliphatic hydroxyl groups is 5. The van der Waals surface area contributed by atoms with Gasteiger partial charge in [-0.3, -0.25) is 0 Å². The monoisotopic (exact) mass is 193 g/mol. The standard InChI is InChI=1S/C7H15NO5/c9-1-4(11)5-6(12)7(13,3-10)2-8-5/h4-6,8-13H,1-3H2/t4-,5-,6-,7+/m0/s1. The molecule has 0 radical (unpaired) electrons. The predicted octanol–water partition coefficient (Wildman–Crippen LogP) is -3.60. The molecular weight excluding hydrogens is 178 g/mol. The van der Waals surface area contributed by atoms with Crippen LogP contribution in [0.15, 0.2) is 0 Å². The average Bonchev–Trinajstić information content (AvgIpc) is 2.44. The van der Waals surface area contributed by atoms with Gasteiger partial charge in [-0.1, -0.05) is 0 Å². The van der Waals surface area contributed by atoms with E-state index in [-0.39, 0.29) is 6.54 Å². The van der Waals surface area contributed by atoms with Crippen molar-refractivity contribution < 1.29 is 25.5 Å². The van der Waals surface area contributed by atoms with Crippen molar-refractivity contribution in [2.24, 2.45) is 0 Å². The van der Waals surface area contributed by atoms with Crippen molar-refractivity contribution in [1.29, 1.82) is 0 Å². The van der Waals surface area contributed by atoms with E-state index < -0.39 is 37.1 Å². The van der Waals surface area contributed by atoms with Crippen LogP contribution in [0, 0.1) is 0 Å². The molecule has 0 aromatic rings. The van der Waals surface area contributed by atoms with E-state index in [9.17, 15) is 15.3 Å². The lowest BCUT2D eigenvalue weighted by atomic mass is 9.95.